The van der Waals surface area contributed by atoms with E-state index in [4.69, 9.17) is 4.74 Å². The SMILES string of the molecule is CNC(c1ccnnc1)c1ccccc1OC. The van der Waals surface area contributed by atoms with Crippen molar-refractivity contribution < 1.29 is 4.74 Å². The second kappa shape index (κ2) is 5.41. The number of hydrogen-bond acceptors (Lipinski definition) is 4. The molecule has 1 aromatic carbocycles. The molecule has 1 heterocycles. The van der Waals surface area contributed by atoms with Gasteiger partial charge in [0.15, 0.2) is 0 Å². The zero-order valence-corrected chi connectivity index (χ0v) is 9.92. The van der Waals surface area contributed by atoms with Crippen LogP contribution in [0.25, 0.3) is 0 Å². The lowest BCUT2D eigenvalue weighted by molar-refractivity contribution is 0.405. The molecule has 2 aromatic rings. The van der Waals surface area contributed by atoms with Crippen molar-refractivity contribution in [2.75, 3.05) is 14.2 Å². The van der Waals surface area contributed by atoms with E-state index in [-0.39, 0.29) is 6.04 Å². The van der Waals surface area contributed by atoms with E-state index in [0.29, 0.717) is 0 Å². The van der Waals surface area contributed by atoms with Crippen LogP contribution >= 0.6 is 0 Å². The molecule has 0 amide bonds. The maximum Gasteiger partial charge on any atom is 0.123 e. The number of methoxy groups -OCH3 is 1. The van der Waals surface area contributed by atoms with Gasteiger partial charge in [-0.25, -0.2) is 0 Å². The van der Waals surface area contributed by atoms with Gasteiger partial charge in [0, 0.05) is 11.8 Å². The van der Waals surface area contributed by atoms with Crippen LogP contribution in [0.3, 0.4) is 0 Å². The highest BCUT2D eigenvalue weighted by Gasteiger charge is 2.15. The van der Waals surface area contributed by atoms with Crippen LogP contribution in [0.2, 0.25) is 0 Å². The number of ether oxygens (including phenoxy) is 1. The molecule has 4 nitrogen and oxygen atoms in total. The van der Waals surface area contributed by atoms with Gasteiger partial charge in [-0.15, -0.1) is 0 Å². The van der Waals surface area contributed by atoms with Crippen molar-refractivity contribution in [3.8, 4) is 5.75 Å². The summed E-state index contributed by atoms with van der Waals surface area (Å²) in [4.78, 5) is 0. The highest BCUT2D eigenvalue weighted by atomic mass is 16.5. The largest absolute Gasteiger partial charge is 0.496 e. The summed E-state index contributed by atoms with van der Waals surface area (Å²) in [5, 5.41) is 11.0. The Hall–Kier alpha value is -1.94. The fourth-order valence-corrected chi connectivity index (χ4v) is 1.88. The molecule has 0 aliphatic rings. The van der Waals surface area contributed by atoms with Crippen LogP contribution in [0.1, 0.15) is 17.2 Å². The third-order valence-electron chi connectivity index (χ3n) is 2.68. The highest BCUT2D eigenvalue weighted by molar-refractivity contribution is 5.40. The predicted molar refractivity (Wildman–Crippen MR) is 65.9 cm³/mol. The normalized spacial score (nSPS) is 12.1. The van der Waals surface area contributed by atoms with Crippen molar-refractivity contribution in [2.45, 2.75) is 6.04 Å². The zero-order valence-electron chi connectivity index (χ0n) is 9.92. The van der Waals surface area contributed by atoms with E-state index in [1.807, 2.05) is 37.4 Å². The van der Waals surface area contributed by atoms with Crippen LogP contribution in [-0.4, -0.2) is 24.4 Å². The van der Waals surface area contributed by atoms with E-state index >= 15 is 0 Å². The lowest BCUT2D eigenvalue weighted by atomic mass is 10.00. The van der Waals surface area contributed by atoms with E-state index in [9.17, 15) is 0 Å². The summed E-state index contributed by atoms with van der Waals surface area (Å²) in [5.41, 5.74) is 2.15. The van der Waals surface area contributed by atoms with Crippen LogP contribution in [0.4, 0.5) is 0 Å². The molecule has 1 N–H and O–H groups in total. The number of hydrogen-bond donors (Lipinski definition) is 1. The average Bonchev–Trinajstić information content (AvgIpc) is 2.41. The van der Waals surface area contributed by atoms with Gasteiger partial charge in [-0.2, -0.15) is 10.2 Å². The molecule has 0 radical (unpaired) electrons. The Kier molecular flexibility index (Phi) is 3.67. The maximum absolute atomic E-state index is 5.37. The van der Waals surface area contributed by atoms with E-state index < -0.39 is 0 Å². The van der Waals surface area contributed by atoms with E-state index in [0.717, 1.165) is 16.9 Å². The summed E-state index contributed by atoms with van der Waals surface area (Å²) in [6, 6.07) is 9.95. The summed E-state index contributed by atoms with van der Waals surface area (Å²) in [6.45, 7) is 0. The Balaban J connectivity index is 2.42. The summed E-state index contributed by atoms with van der Waals surface area (Å²) >= 11 is 0. The molecule has 0 spiro atoms. The average molecular weight is 229 g/mol. The second-order valence-electron chi connectivity index (χ2n) is 3.64. The van der Waals surface area contributed by atoms with Crippen LogP contribution in [0, 0.1) is 0 Å². The summed E-state index contributed by atoms with van der Waals surface area (Å²) in [5.74, 6) is 0.865. The van der Waals surface area contributed by atoms with Gasteiger partial charge in [-0.3, -0.25) is 0 Å². The number of nitrogens with one attached hydrogen (secondary N) is 1. The Labute approximate surface area is 101 Å². The lowest BCUT2D eigenvalue weighted by Crippen LogP contribution is -2.18. The van der Waals surface area contributed by atoms with Gasteiger partial charge in [0.05, 0.1) is 19.3 Å². The third-order valence-corrected chi connectivity index (χ3v) is 2.68. The molecule has 0 aliphatic heterocycles. The molecular weight excluding hydrogens is 214 g/mol. The van der Waals surface area contributed by atoms with Crippen LogP contribution in [0.15, 0.2) is 42.7 Å². The quantitative estimate of drug-likeness (QED) is 0.868. The highest BCUT2D eigenvalue weighted by Crippen LogP contribution is 2.28. The van der Waals surface area contributed by atoms with Gasteiger partial charge >= 0.3 is 0 Å². The lowest BCUT2D eigenvalue weighted by Gasteiger charge is -2.19. The first-order chi connectivity index (χ1) is 8.36. The molecule has 1 aromatic heterocycles. The molecule has 17 heavy (non-hydrogen) atoms. The minimum absolute atomic E-state index is 0.0571. The first kappa shape index (κ1) is 11.5. The van der Waals surface area contributed by atoms with E-state index in [1.54, 1.807) is 19.5 Å². The first-order valence-electron chi connectivity index (χ1n) is 5.43. The van der Waals surface area contributed by atoms with Gasteiger partial charge < -0.3 is 10.1 Å². The molecule has 2 rings (SSSR count). The van der Waals surface area contributed by atoms with Crippen molar-refractivity contribution in [2.24, 2.45) is 0 Å². The minimum Gasteiger partial charge on any atom is -0.496 e. The molecule has 0 bridgehead atoms. The number of nitrogens with zero attached hydrogens (tertiary/aromatic N) is 2. The van der Waals surface area contributed by atoms with Crippen molar-refractivity contribution in [1.29, 1.82) is 0 Å². The van der Waals surface area contributed by atoms with Crippen molar-refractivity contribution >= 4 is 0 Å². The zero-order chi connectivity index (χ0) is 12.1. The number of para-hydroxylation sites is 1. The Morgan fingerprint density at radius 2 is 2.00 bits per heavy atom. The fourth-order valence-electron chi connectivity index (χ4n) is 1.88. The summed E-state index contributed by atoms with van der Waals surface area (Å²) in [7, 11) is 3.59. The van der Waals surface area contributed by atoms with Gasteiger partial charge in [-0.1, -0.05) is 18.2 Å². The van der Waals surface area contributed by atoms with Crippen molar-refractivity contribution in [1.82, 2.24) is 15.5 Å². The summed E-state index contributed by atoms with van der Waals surface area (Å²) < 4.78 is 5.37. The van der Waals surface area contributed by atoms with Crippen molar-refractivity contribution in [3.63, 3.8) is 0 Å². The van der Waals surface area contributed by atoms with Gasteiger partial charge in [0.25, 0.3) is 0 Å². The summed E-state index contributed by atoms with van der Waals surface area (Å²) in [6.07, 6.45) is 3.45. The topological polar surface area (TPSA) is 47.0 Å². The maximum atomic E-state index is 5.37. The molecule has 1 atom stereocenters. The third kappa shape index (κ3) is 2.42. The van der Waals surface area contributed by atoms with Crippen LogP contribution < -0.4 is 10.1 Å². The number of aromatic nitrogens is 2. The Morgan fingerprint density at radius 1 is 1.18 bits per heavy atom. The van der Waals surface area contributed by atoms with Gasteiger partial charge in [-0.05, 0) is 24.7 Å². The first-order valence-corrected chi connectivity index (χ1v) is 5.43. The molecule has 0 aliphatic carbocycles. The Morgan fingerprint density at radius 3 is 2.65 bits per heavy atom. The molecule has 0 saturated heterocycles. The monoisotopic (exact) mass is 229 g/mol. The predicted octanol–water partition coefficient (Wildman–Crippen LogP) is 1.79. The van der Waals surface area contributed by atoms with Gasteiger partial charge in [0.1, 0.15) is 5.75 Å². The standard InChI is InChI=1S/C13H15N3O/c1-14-13(10-7-8-15-16-9-10)11-5-3-4-6-12(11)17-2/h3-9,13-14H,1-2H3. The van der Waals surface area contributed by atoms with Crippen molar-refractivity contribution in [3.05, 3.63) is 53.9 Å². The molecule has 0 saturated carbocycles. The Bertz CT molecular complexity index is 473. The molecule has 88 valence electrons. The smallest absolute Gasteiger partial charge is 0.123 e. The molecule has 0 fully saturated rings. The van der Waals surface area contributed by atoms with E-state index in [2.05, 4.69) is 15.5 Å². The molecule has 1 unspecified atom stereocenters. The second-order valence-corrected chi connectivity index (χ2v) is 3.64. The van der Waals surface area contributed by atoms with Crippen LogP contribution in [0.5, 0.6) is 5.75 Å². The van der Waals surface area contributed by atoms with Gasteiger partial charge in [0.2, 0.25) is 0 Å². The molecule has 4 heteroatoms. The number of rotatable bonds is 4. The van der Waals surface area contributed by atoms with E-state index in [1.165, 1.54) is 0 Å². The van der Waals surface area contributed by atoms with Crippen LogP contribution in [-0.2, 0) is 0 Å². The molecular formula is C13H15N3O. The number of benzene rings is 1. The fraction of sp³-hybridized carbons (Fsp3) is 0.231. The minimum atomic E-state index is 0.0571.